The predicted molar refractivity (Wildman–Crippen MR) is 135 cm³/mol. The lowest BCUT2D eigenvalue weighted by molar-refractivity contribution is -0.140. The summed E-state index contributed by atoms with van der Waals surface area (Å²) in [6, 6.07) is 18.1. The first-order valence-electron chi connectivity index (χ1n) is 12.1. The second-order valence-corrected chi connectivity index (χ2v) is 9.09. The Morgan fingerprint density at radius 2 is 2.08 bits per heavy atom. The molecule has 2 aliphatic rings. The molecule has 0 fully saturated rings. The van der Waals surface area contributed by atoms with Gasteiger partial charge in [-0.3, -0.25) is 9.36 Å². The van der Waals surface area contributed by atoms with Crippen LogP contribution in [0.1, 0.15) is 48.0 Å². The average Bonchev–Trinajstić information content (AvgIpc) is 3.58. The van der Waals surface area contributed by atoms with Gasteiger partial charge in [0.2, 0.25) is 0 Å². The molecule has 2 atom stereocenters. The Morgan fingerprint density at radius 1 is 1.19 bits per heavy atom. The maximum absolute atomic E-state index is 11.1. The summed E-state index contributed by atoms with van der Waals surface area (Å²) in [5.74, 6) is 1.73. The van der Waals surface area contributed by atoms with Crippen LogP contribution in [0.25, 0.3) is 16.7 Å². The fourth-order valence-corrected chi connectivity index (χ4v) is 5.21. The minimum atomic E-state index is -0.860. The van der Waals surface area contributed by atoms with Crippen LogP contribution >= 0.6 is 0 Å². The topological polar surface area (TPSA) is 94.8 Å². The van der Waals surface area contributed by atoms with Crippen molar-refractivity contribution in [2.45, 2.75) is 38.5 Å². The van der Waals surface area contributed by atoms with Crippen LogP contribution in [0.15, 0.2) is 54.6 Å². The zero-order chi connectivity index (χ0) is 24.8. The smallest absolute Gasteiger partial charge is 0.306 e. The number of para-hydroxylation sites is 1. The standard InChI is InChI=1S/C28H27N3O5/c1-3-26-30-21-10-8-18(34-2)12-24(21)31(26)23-6-4-5-20-22(15-36-28(20)23)29-17-7-9-19-16(11-17)14-35-25(19)13-27(32)33/h4-12,22,25,29H,3,13-15H2,1-2H3,(H,32,33)/t22-,25+/m1/s1. The summed E-state index contributed by atoms with van der Waals surface area (Å²) in [5, 5.41) is 12.7. The highest BCUT2D eigenvalue weighted by Gasteiger charge is 2.30. The summed E-state index contributed by atoms with van der Waals surface area (Å²) >= 11 is 0. The SMILES string of the molecule is CCc1nc2ccc(OC)cc2n1-c1cccc2c1OC[C@H]2Nc1ccc2c(c1)CO[C@H]2CC(=O)O. The van der Waals surface area contributed by atoms with Gasteiger partial charge in [-0.25, -0.2) is 4.98 Å². The molecule has 8 nitrogen and oxygen atoms in total. The molecular formula is C28H27N3O5. The molecule has 0 amide bonds. The molecule has 2 aliphatic heterocycles. The highest BCUT2D eigenvalue weighted by molar-refractivity contribution is 5.81. The fourth-order valence-electron chi connectivity index (χ4n) is 5.21. The van der Waals surface area contributed by atoms with Crippen molar-refractivity contribution < 1.29 is 24.1 Å². The maximum atomic E-state index is 11.1. The number of imidazole rings is 1. The molecular weight excluding hydrogens is 458 g/mol. The molecule has 2 N–H and O–H groups in total. The van der Waals surface area contributed by atoms with Gasteiger partial charge in [-0.2, -0.15) is 0 Å². The number of fused-ring (bicyclic) bond motifs is 3. The third-order valence-corrected chi connectivity index (χ3v) is 6.91. The maximum Gasteiger partial charge on any atom is 0.306 e. The van der Waals surface area contributed by atoms with Crippen LogP contribution in [0.2, 0.25) is 0 Å². The lowest BCUT2D eigenvalue weighted by atomic mass is 10.0. The van der Waals surface area contributed by atoms with Crippen LogP contribution in [0.5, 0.6) is 11.5 Å². The molecule has 0 saturated heterocycles. The van der Waals surface area contributed by atoms with Gasteiger partial charge in [-0.15, -0.1) is 0 Å². The summed E-state index contributed by atoms with van der Waals surface area (Å²) in [7, 11) is 1.67. The van der Waals surface area contributed by atoms with Gasteiger partial charge in [0.05, 0.1) is 49.0 Å². The zero-order valence-electron chi connectivity index (χ0n) is 20.2. The summed E-state index contributed by atoms with van der Waals surface area (Å²) < 4.78 is 19.6. The second kappa shape index (κ2) is 8.87. The van der Waals surface area contributed by atoms with E-state index in [1.165, 1.54) is 0 Å². The van der Waals surface area contributed by atoms with Crippen molar-refractivity contribution in [1.82, 2.24) is 9.55 Å². The third kappa shape index (κ3) is 3.74. The normalized spacial score (nSPS) is 18.1. The minimum absolute atomic E-state index is 0.0236. The molecule has 0 aliphatic carbocycles. The van der Waals surface area contributed by atoms with Crippen molar-refractivity contribution >= 4 is 22.7 Å². The number of hydrogen-bond acceptors (Lipinski definition) is 6. The molecule has 0 radical (unpaired) electrons. The Bertz CT molecular complexity index is 1480. The number of methoxy groups -OCH3 is 1. The molecule has 3 heterocycles. The monoisotopic (exact) mass is 485 g/mol. The lowest BCUT2D eigenvalue weighted by Crippen LogP contribution is -2.12. The van der Waals surface area contributed by atoms with Gasteiger partial charge in [0, 0.05) is 23.7 Å². The Kier molecular flexibility index (Phi) is 5.53. The zero-order valence-corrected chi connectivity index (χ0v) is 20.2. The van der Waals surface area contributed by atoms with E-state index in [2.05, 4.69) is 35.0 Å². The molecule has 8 heteroatoms. The van der Waals surface area contributed by atoms with E-state index in [1.54, 1.807) is 7.11 Å². The van der Waals surface area contributed by atoms with Crippen LogP contribution in [-0.2, 0) is 22.6 Å². The van der Waals surface area contributed by atoms with E-state index >= 15 is 0 Å². The number of carbonyl (C=O) groups is 1. The largest absolute Gasteiger partial charge is 0.497 e. The summed E-state index contributed by atoms with van der Waals surface area (Å²) in [6.07, 6.45) is 0.365. The molecule has 0 saturated carbocycles. The summed E-state index contributed by atoms with van der Waals surface area (Å²) in [6.45, 7) is 3.02. The molecule has 4 aromatic rings. The van der Waals surface area contributed by atoms with Gasteiger partial charge in [-0.1, -0.05) is 25.1 Å². The molecule has 0 bridgehead atoms. The van der Waals surface area contributed by atoms with Crippen LogP contribution in [-0.4, -0.2) is 34.3 Å². The van der Waals surface area contributed by atoms with Crippen LogP contribution in [0.3, 0.4) is 0 Å². The Labute approximate surface area is 208 Å². The van der Waals surface area contributed by atoms with Crippen LogP contribution in [0.4, 0.5) is 5.69 Å². The van der Waals surface area contributed by atoms with Crippen molar-refractivity contribution in [3.8, 4) is 17.2 Å². The predicted octanol–water partition coefficient (Wildman–Crippen LogP) is 5.19. The fraction of sp³-hybridized carbons (Fsp3) is 0.286. The summed E-state index contributed by atoms with van der Waals surface area (Å²) in [4.78, 5) is 16.0. The van der Waals surface area contributed by atoms with Crippen molar-refractivity contribution in [2.24, 2.45) is 0 Å². The Balaban J connectivity index is 1.33. The van der Waals surface area contributed by atoms with E-state index in [0.717, 1.165) is 62.8 Å². The second-order valence-electron chi connectivity index (χ2n) is 9.09. The van der Waals surface area contributed by atoms with E-state index in [0.29, 0.717) is 13.2 Å². The van der Waals surface area contributed by atoms with Gasteiger partial charge >= 0.3 is 5.97 Å². The first-order valence-corrected chi connectivity index (χ1v) is 12.1. The number of anilines is 1. The number of benzene rings is 3. The van der Waals surface area contributed by atoms with Crippen molar-refractivity contribution in [3.05, 3.63) is 77.1 Å². The lowest BCUT2D eigenvalue weighted by Gasteiger charge is -2.15. The molecule has 0 spiro atoms. The van der Waals surface area contributed by atoms with Crippen LogP contribution in [0, 0.1) is 0 Å². The van der Waals surface area contributed by atoms with E-state index < -0.39 is 5.97 Å². The van der Waals surface area contributed by atoms with E-state index in [-0.39, 0.29) is 18.6 Å². The number of nitrogens with zero attached hydrogens (tertiary/aromatic N) is 2. The van der Waals surface area contributed by atoms with Crippen molar-refractivity contribution in [2.75, 3.05) is 19.0 Å². The van der Waals surface area contributed by atoms with E-state index in [9.17, 15) is 4.79 Å². The van der Waals surface area contributed by atoms with E-state index in [4.69, 9.17) is 24.3 Å². The van der Waals surface area contributed by atoms with Gasteiger partial charge in [0.1, 0.15) is 23.9 Å². The molecule has 36 heavy (non-hydrogen) atoms. The van der Waals surface area contributed by atoms with Gasteiger partial charge in [0.15, 0.2) is 0 Å². The number of nitrogens with one attached hydrogen (secondary N) is 1. The number of aromatic nitrogens is 2. The average molecular weight is 486 g/mol. The Hall–Kier alpha value is -4.04. The number of hydrogen-bond donors (Lipinski definition) is 2. The molecule has 184 valence electrons. The first kappa shape index (κ1) is 22.4. The highest BCUT2D eigenvalue weighted by atomic mass is 16.5. The number of aryl methyl sites for hydroxylation is 1. The van der Waals surface area contributed by atoms with Crippen LogP contribution < -0.4 is 14.8 Å². The molecule has 6 rings (SSSR count). The third-order valence-electron chi connectivity index (χ3n) is 6.91. The number of ether oxygens (including phenoxy) is 3. The van der Waals surface area contributed by atoms with Gasteiger partial charge < -0.3 is 24.6 Å². The number of rotatable bonds is 7. The van der Waals surface area contributed by atoms with Gasteiger partial charge in [0.25, 0.3) is 0 Å². The minimum Gasteiger partial charge on any atom is -0.497 e. The van der Waals surface area contributed by atoms with Crippen molar-refractivity contribution in [1.29, 1.82) is 0 Å². The van der Waals surface area contributed by atoms with Gasteiger partial charge in [-0.05, 0) is 41.5 Å². The number of carboxylic acids is 1. The molecule has 1 aromatic heterocycles. The number of aliphatic carboxylic acids is 1. The highest BCUT2D eigenvalue weighted by Crippen LogP contribution is 2.42. The van der Waals surface area contributed by atoms with Crippen molar-refractivity contribution in [3.63, 3.8) is 0 Å². The molecule has 0 unspecified atom stereocenters. The summed E-state index contributed by atoms with van der Waals surface area (Å²) in [5.41, 5.74) is 6.86. The van der Waals surface area contributed by atoms with E-state index in [1.807, 2.05) is 36.4 Å². The number of carboxylic acid groups (broad SMARTS) is 1. The molecule has 3 aromatic carbocycles. The first-order chi connectivity index (χ1) is 17.6. The quantitative estimate of drug-likeness (QED) is 0.372. The Morgan fingerprint density at radius 3 is 2.89 bits per heavy atom.